The van der Waals surface area contributed by atoms with Gasteiger partial charge in [-0.2, -0.15) is 0 Å². The Morgan fingerprint density at radius 2 is 2.06 bits per heavy atom. The zero-order valence-corrected chi connectivity index (χ0v) is 21.0. The van der Waals surface area contributed by atoms with Crippen molar-refractivity contribution in [1.29, 1.82) is 0 Å². The van der Waals surface area contributed by atoms with Crippen molar-refractivity contribution in [2.75, 3.05) is 6.61 Å². The van der Waals surface area contributed by atoms with Crippen molar-refractivity contribution in [3.8, 4) is 11.1 Å². The first-order chi connectivity index (χ1) is 17.4. The van der Waals surface area contributed by atoms with Crippen molar-refractivity contribution >= 4 is 18.0 Å². The van der Waals surface area contributed by atoms with Crippen molar-refractivity contribution < 1.29 is 18.7 Å². The highest BCUT2D eigenvalue weighted by Crippen LogP contribution is 2.55. The van der Waals surface area contributed by atoms with Crippen molar-refractivity contribution in [1.82, 2.24) is 10.3 Å². The van der Waals surface area contributed by atoms with Crippen LogP contribution in [-0.2, 0) is 9.53 Å². The van der Waals surface area contributed by atoms with Gasteiger partial charge in [-0.25, -0.2) is 9.18 Å². The smallest absolute Gasteiger partial charge is 0.407 e. The van der Waals surface area contributed by atoms with Gasteiger partial charge in [0.25, 0.3) is 0 Å². The largest absolute Gasteiger partial charge is 0.450 e. The zero-order chi connectivity index (χ0) is 25.2. The molecule has 1 N–H and O–H groups in total. The number of hydrogen-bond acceptors (Lipinski definition) is 4. The number of allylic oxidation sites excluding steroid dienone is 1. The van der Waals surface area contributed by atoms with Gasteiger partial charge in [-0.15, -0.1) is 0 Å². The minimum absolute atomic E-state index is 0.109. The predicted molar refractivity (Wildman–Crippen MR) is 137 cm³/mol. The minimum atomic E-state index is -0.343. The fourth-order valence-corrected chi connectivity index (χ4v) is 7.12. The molecule has 1 aromatic heterocycles. The van der Waals surface area contributed by atoms with Crippen molar-refractivity contribution in [3.05, 3.63) is 60.2 Å². The van der Waals surface area contributed by atoms with E-state index in [0.29, 0.717) is 48.4 Å². The number of benzene rings is 1. The number of aromatic nitrogens is 1. The topological polar surface area (TPSA) is 68.3 Å². The lowest BCUT2D eigenvalue weighted by molar-refractivity contribution is -0.124. The molecule has 190 valence electrons. The molecule has 6 heteroatoms. The van der Waals surface area contributed by atoms with Gasteiger partial charge in [0.1, 0.15) is 11.6 Å². The van der Waals surface area contributed by atoms with Gasteiger partial charge in [0, 0.05) is 30.1 Å². The van der Waals surface area contributed by atoms with E-state index in [1.165, 1.54) is 12.1 Å². The van der Waals surface area contributed by atoms with Crippen LogP contribution in [0.1, 0.15) is 51.6 Å². The summed E-state index contributed by atoms with van der Waals surface area (Å²) in [7, 11) is 0. The second-order valence-electron chi connectivity index (χ2n) is 10.8. The lowest BCUT2D eigenvalue weighted by Gasteiger charge is -2.48. The van der Waals surface area contributed by atoms with Crippen LogP contribution in [0.4, 0.5) is 9.18 Å². The maximum Gasteiger partial charge on any atom is 0.407 e. The lowest BCUT2D eigenvalue weighted by Crippen LogP contribution is -2.48. The molecule has 0 saturated heterocycles. The molecule has 1 heterocycles. The van der Waals surface area contributed by atoms with E-state index in [4.69, 9.17) is 4.74 Å². The number of rotatable bonds is 5. The Labute approximate surface area is 212 Å². The number of amides is 1. The minimum Gasteiger partial charge on any atom is -0.450 e. The number of carbonyl (C=O) groups excluding carboxylic acids is 2. The number of ether oxygens (including phenoxy) is 1. The van der Waals surface area contributed by atoms with Crippen LogP contribution in [0.3, 0.4) is 0 Å². The molecule has 3 aliphatic rings. The zero-order valence-electron chi connectivity index (χ0n) is 21.0. The third-order valence-electron chi connectivity index (χ3n) is 8.63. The fourth-order valence-electron chi connectivity index (χ4n) is 7.12. The molecule has 3 aliphatic carbocycles. The summed E-state index contributed by atoms with van der Waals surface area (Å²) in [6, 6.07) is 10.6. The molecular weight excluding hydrogens is 455 g/mol. The highest BCUT2D eigenvalue weighted by atomic mass is 19.1. The monoisotopic (exact) mass is 490 g/mol. The normalized spacial score (nSPS) is 31.6. The van der Waals surface area contributed by atoms with Crippen molar-refractivity contribution in [2.24, 2.45) is 35.5 Å². The number of hydrogen-bond donors (Lipinski definition) is 1. The van der Waals surface area contributed by atoms with Gasteiger partial charge in [0.2, 0.25) is 0 Å². The Bertz CT molecular complexity index is 1130. The molecule has 0 radical (unpaired) electrons. The van der Waals surface area contributed by atoms with E-state index >= 15 is 0 Å². The molecule has 36 heavy (non-hydrogen) atoms. The van der Waals surface area contributed by atoms with Crippen LogP contribution in [0.2, 0.25) is 0 Å². The van der Waals surface area contributed by atoms with Crippen LogP contribution in [0, 0.1) is 41.3 Å². The van der Waals surface area contributed by atoms with Crippen LogP contribution >= 0.6 is 0 Å². The molecule has 0 bridgehead atoms. The summed E-state index contributed by atoms with van der Waals surface area (Å²) in [4.78, 5) is 29.5. The Hall–Kier alpha value is -3.02. The van der Waals surface area contributed by atoms with E-state index < -0.39 is 0 Å². The Morgan fingerprint density at radius 3 is 2.81 bits per heavy atom. The van der Waals surface area contributed by atoms with Crippen molar-refractivity contribution in [2.45, 2.75) is 52.0 Å². The number of ketones is 1. The van der Waals surface area contributed by atoms with E-state index in [9.17, 15) is 14.0 Å². The summed E-state index contributed by atoms with van der Waals surface area (Å²) in [5.74, 6) is 2.26. The number of pyridine rings is 1. The molecular formula is C30H35FN2O3. The molecule has 0 unspecified atom stereocenters. The summed E-state index contributed by atoms with van der Waals surface area (Å²) >= 11 is 0. The average molecular weight is 491 g/mol. The number of fused-ring (bicyclic) bond motifs is 2. The third kappa shape index (κ3) is 5.09. The first-order valence-electron chi connectivity index (χ1n) is 13.3. The molecule has 1 amide bonds. The van der Waals surface area contributed by atoms with E-state index in [2.05, 4.69) is 29.4 Å². The second kappa shape index (κ2) is 10.5. The number of carbonyl (C=O) groups is 2. The van der Waals surface area contributed by atoms with Gasteiger partial charge in [-0.05, 0) is 92.0 Å². The molecule has 5 rings (SSSR count). The number of nitrogens with one attached hydrogen (secondary N) is 1. The fraction of sp³-hybridized carbons (Fsp3) is 0.500. The SMILES string of the molecule is CCOC(=O)N[C@@H]1CC[C@@H]2[C@@H](C1)C[C@H]1C(=O)C[C@H](C)[C@H]1[C@H]2/C=C/c1ccc(-c2cccc(F)c2)cn1. The maximum atomic E-state index is 13.6. The van der Waals surface area contributed by atoms with E-state index in [1.807, 2.05) is 25.1 Å². The molecule has 2 aromatic rings. The quantitative estimate of drug-likeness (QED) is 0.535. The van der Waals surface area contributed by atoms with E-state index in [-0.39, 0.29) is 23.9 Å². The van der Waals surface area contributed by atoms with E-state index in [1.54, 1.807) is 12.3 Å². The standard InChI is InChI=1S/C30H35FN2O3/c1-3-36-30(35)33-24-10-11-25-21(15-24)16-27-28(34)13-18(2)29(27)26(25)12-9-23-8-7-20(17-32-23)19-5-4-6-22(31)14-19/h4-9,12,14,17-18,21,24-27,29H,3,10-11,13,15-16H2,1-2H3,(H,33,35)/b12-9+/t18-,21-,24+,25+,26-,27-,29-/m0/s1. The van der Waals surface area contributed by atoms with Crippen LogP contribution in [0.15, 0.2) is 48.7 Å². The average Bonchev–Trinajstić information content (AvgIpc) is 3.15. The van der Waals surface area contributed by atoms with Gasteiger partial charge in [-0.1, -0.05) is 31.2 Å². The van der Waals surface area contributed by atoms with Gasteiger partial charge in [-0.3, -0.25) is 9.78 Å². The molecule has 0 spiro atoms. The van der Waals surface area contributed by atoms with Gasteiger partial charge < -0.3 is 10.1 Å². The Balaban J connectivity index is 1.34. The van der Waals surface area contributed by atoms with Crippen molar-refractivity contribution in [3.63, 3.8) is 0 Å². The molecule has 7 atom stereocenters. The third-order valence-corrected chi connectivity index (χ3v) is 8.63. The maximum absolute atomic E-state index is 13.6. The van der Waals surface area contributed by atoms with Crippen LogP contribution < -0.4 is 5.32 Å². The Morgan fingerprint density at radius 1 is 1.19 bits per heavy atom. The molecule has 1 aromatic carbocycles. The number of alkyl carbamates (subject to hydrolysis) is 1. The molecule has 3 saturated carbocycles. The lowest BCUT2D eigenvalue weighted by atomic mass is 9.56. The summed E-state index contributed by atoms with van der Waals surface area (Å²) in [6.07, 6.45) is 10.3. The summed E-state index contributed by atoms with van der Waals surface area (Å²) in [5, 5.41) is 3.03. The van der Waals surface area contributed by atoms with E-state index in [0.717, 1.165) is 42.5 Å². The second-order valence-corrected chi connectivity index (χ2v) is 10.8. The number of Topliss-reactive ketones (excluding diaryl/α,β-unsaturated/α-hetero) is 1. The Kier molecular flexibility index (Phi) is 7.22. The summed E-state index contributed by atoms with van der Waals surface area (Å²) in [5.41, 5.74) is 2.55. The number of nitrogens with zero attached hydrogens (tertiary/aromatic N) is 1. The van der Waals surface area contributed by atoms with Crippen LogP contribution in [0.5, 0.6) is 0 Å². The van der Waals surface area contributed by atoms with Crippen LogP contribution in [0.25, 0.3) is 17.2 Å². The predicted octanol–water partition coefficient (Wildman–Crippen LogP) is 6.29. The van der Waals surface area contributed by atoms with Gasteiger partial charge in [0.05, 0.1) is 12.3 Å². The first kappa shape index (κ1) is 24.7. The molecule has 3 fully saturated rings. The van der Waals surface area contributed by atoms with Gasteiger partial charge in [0.15, 0.2) is 0 Å². The summed E-state index contributed by atoms with van der Waals surface area (Å²) in [6.45, 7) is 4.40. The molecule has 5 nitrogen and oxygen atoms in total. The summed E-state index contributed by atoms with van der Waals surface area (Å²) < 4.78 is 18.7. The van der Waals surface area contributed by atoms with Crippen LogP contribution in [-0.4, -0.2) is 29.5 Å². The highest BCUT2D eigenvalue weighted by molar-refractivity contribution is 5.84. The molecule has 0 aliphatic heterocycles. The van der Waals surface area contributed by atoms with Gasteiger partial charge >= 0.3 is 6.09 Å². The first-order valence-corrected chi connectivity index (χ1v) is 13.3. The highest BCUT2D eigenvalue weighted by Gasteiger charge is 2.52. The number of halogens is 1.